The van der Waals surface area contributed by atoms with Crippen LogP contribution in [0.25, 0.3) is 0 Å². The highest BCUT2D eigenvalue weighted by molar-refractivity contribution is 5.97. The van der Waals surface area contributed by atoms with Crippen LogP contribution in [0, 0.1) is 17.3 Å². The number of hydrogen-bond acceptors (Lipinski definition) is 4. The van der Waals surface area contributed by atoms with Gasteiger partial charge in [-0.1, -0.05) is 42.5 Å². The molecular formula is C22H21O4+. The van der Waals surface area contributed by atoms with Crippen molar-refractivity contribution in [3.63, 3.8) is 0 Å². The fraction of sp³-hybridized carbons (Fsp3) is 0.318. The highest BCUT2D eigenvalue weighted by atomic mass is 16.5. The lowest BCUT2D eigenvalue weighted by atomic mass is 9.64. The van der Waals surface area contributed by atoms with E-state index in [9.17, 15) is 9.59 Å². The minimum atomic E-state index is -0.863. The maximum atomic E-state index is 13.1. The zero-order chi connectivity index (χ0) is 18.3. The molecule has 3 aliphatic rings. The number of rotatable bonds is 3. The SMILES string of the molecule is COC(=O)[C+]1C=C[C@@]2(C(=O)OC)C3=C1CC=C[C@H]3C[C@H]2c1ccccc1. The van der Waals surface area contributed by atoms with Crippen LogP contribution in [0.15, 0.2) is 65.8 Å². The molecule has 0 aliphatic heterocycles. The van der Waals surface area contributed by atoms with Crippen LogP contribution in [-0.4, -0.2) is 26.2 Å². The van der Waals surface area contributed by atoms with Gasteiger partial charge in [-0.15, -0.1) is 0 Å². The molecule has 4 heteroatoms. The third-order valence-corrected chi connectivity index (χ3v) is 5.84. The highest BCUT2D eigenvalue weighted by Gasteiger charge is 2.65. The van der Waals surface area contributed by atoms with Gasteiger partial charge < -0.3 is 9.47 Å². The summed E-state index contributed by atoms with van der Waals surface area (Å²) in [5.74, 6) is 0.0124. The zero-order valence-electron chi connectivity index (χ0n) is 14.9. The lowest BCUT2D eigenvalue weighted by molar-refractivity contribution is -0.148. The minimum absolute atomic E-state index is 0.0238. The van der Waals surface area contributed by atoms with Gasteiger partial charge in [-0.2, -0.15) is 0 Å². The number of carbonyl (C=O) groups is 2. The molecule has 0 unspecified atom stereocenters. The fourth-order valence-electron chi connectivity index (χ4n) is 4.81. The van der Waals surface area contributed by atoms with Gasteiger partial charge in [0.1, 0.15) is 0 Å². The maximum Gasteiger partial charge on any atom is 0.396 e. The standard InChI is InChI=1S/C22H21O4/c1-25-20(23)17-11-12-22(21(24)26-2)18(14-7-4-3-5-8-14)13-15-9-6-10-16(17)19(15)22/h3-9,11-12,15,18H,10,13H2,1-2H3/q+1/t15-,18-,22-/m0/s1. The number of allylic oxidation sites excluding steroid dienone is 2. The molecule has 4 rings (SSSR count). The maximum absolute atomic E-state index is 13.1. The van der Waals surface area contributed by atoms with E-state index in [2.05, 4.69) is 24.3 Å². The van der Waals surface area contributed by atoms with Gasteiger partial charge in [-0.3, -0.25) is 0 Å². The lowest BCUT2D eigenvalue weighted by Crippen LogP contribution is -2.39. The highest BCUT2D eigenvalue weighted by Crippen LogP contribution is 2.62. The summed E-state index contributed by atoms with van der Waals surface area (Å²) < 4.78 is 10.2. The van der Waals surface area contributed by atoms with Gasteiger partial charge in [-0.25, -0.2) is 9.59 Å². The Hall–Kier alpha value is -2.75. The molecule has 0 aromatic heterocycles. The van der Waals surface area contributed by atoms with E-state index in [0.717, 1.165) is 23.1 Å². The summed E-state index contributed by atoms with van der Waals surface area (Å²) in [4.78, 5) is 25.3. The molecular weight excluding hydrogens is 328 g/mol. The van der Waals surface area contributed by atoms with Crippen LogP contribution >= 0.6 is 0 Å². The second kappa shape index (κ2) is 6.20. The molecule has 1 aromatic carbocycles. The third-order valence-electron chi connectivity index (χ3n) is 5.84. The zero-order valence-corrected chi connectivity index (χ0v) is 14.9. The Labute approximate surface area is 153 Å². The summed E-state index contributed by atoms with van der Waals surface area (Å²) in [6.07, 6.45) is 9.29. The molecule has 3 atom stereocenters. The van der Waals surface area contributed by atoms with Crippen molar-refractivity contribution < 1.29 is 19.1 Å². The molecule has 0 N–H and O–H groups in total. The van der Waals surface area contributed by atoms with Crippen LogP contribution in [0.3, 0.4) is 0 Å². The number of benzene rings is 1. The van der Waals surface area contributed by atoms with Gasteiger partial charge in [-0.05, 0) is 12.0 Å². The van der Waals surface area contributed by atoms with E-state index in [1.54, 1.807) is 6.08 Å². The molecule has 0 radical (unpaired) electrons. The number of hydrogen-bond donors (Lipinski definition) is 0. The van der Waals surface area contributed by atoms with Crippen LogP contribution < -0.4 is 0 Å². The van der Waals surface area contributed by atoms with E-state index < -0.39 is 5.41 Å². The monoisotopic (exact) mass is 349 g/mol. The second-order valence-electron chi connectivity index (χ2n) is 6.93. The van der Waals surface area contributed by atoms with Gasteiger partial charge in [0, 0.05) is 24.3 Å². The molecule has 0 amide bonds. The van der Waals surface area contributed by atoms with Crippen molar-refractivity contribution in [2.24, 2.45) is 11.3 Å². The van der Waals surface area contributed by atoms with E-state index >= 15 is 0 Å². The van der Waals surface area contributed by atoms with Crippen LogP contribution in [0.1, 0.15) is 24.3 Å². The predicted molar refractivity (Wildman–Crippen MR) is 96.9 cm³/mol. The average molecular weight is 349 g/mol. The van der Waals surface area contributed by atoms with Gasteiger partial charge >= 0.3 is 11.9 Å². The molecule has 132 valence electrons. The van der Waals surface area contributed by atoms with E-state index in [0.29, 0.717) is 12.3 Å². The number of ether oxygens (including phenoxy) is 2. The quantitative estimate of drug-likeness (QED) is 0.476. The number of methoxy groups -OCH3 is 2. The topological polar surface area (TPSA) is 52.6 Å². The van der Waals surface area contributed by atoms with Gasteiger partial charge in [0.05, 0.1) is 31.4 Å². The summed E-state index contributed by atoms with van der Waals surface area (Å²) in [5.41, 5.74) is 2.16. The Bertz CT molecular complexity index is 833. The van der Waals surface area contributed by atoms with Crippen molar-refractivity contribution in [3.8, 4) is 0 Å². The van der Waals surface area contributed by atoms with Crippen LogP contribution in [0.4, 0.5) is 0 Å². The summed E-state index contributed by atoms with van der Waals surface area (Å²) in [6.45, 7) is 0. The van der Waals surface area contributed by atoms with E-state index in [1.165, 1.54) is 14.2 Å². The molecule has 1 fully saturated rings. The molecule has 0 saturated heterocycles. The van der Waals surface area contributed by atoms with Crippen molar-refractivity contribution in [1.29, 1.82) is 0 Å². The first kappa shape index (κ1) is 16.7. The predicted octanol–water partition coefficient (Wildman–Crippen LogP) is 3.52. The smallest absolute Gasteiger partial charge is 0.396 e. The number of esters is 2. The van der Waals surface area contributed by atoms with Crippen LogP contribution in [-0.2, 0) is 19.1 Å². The van der Waals surface area contributed by atoms with Gasteiger partial charge in [0.25, 0.3) is 0 Å². The van der Waals surface area contributed by atoms with Crippen molar-refractivity contribution in [2.75, 3.05) is 14.2 Å². The summed E-state index contributed by atoms with van der Waals surface area (Å²) in [5, 5.41) is 0. The first-order chi connectivity index (χ1) is 12.6. The van der Waals surface area contributed by atoms with Gasteiger partial charge in [0.2, 0.25) is 5.41 Å². The molecule has 1 aromatic rings. The van der Waals surface area contributed by atoms with E-state index in [-0.39, 0.29) is 23.8 Å². The summed E-state index contributed by atoms with van der Waals surface area (Å²) in [7, 11) is 2.81. The first-order valence-corrected chi connectivity index (χ1v) is 8.82. The Morgan fingerprint density at radius 2 is 1.92 bits per heavy atom. The molecule has 1 saturated carbocycles. The van der Waals surface area contributed by atoms with Crippen LogP contribution in [0.5, 0.6) is 0 Å². The largest absolute Gasteiger partial charge is 0.466 e. The average Bonchev–Trinajstić information content (AvgIpc) is 3.05. The summed E-state index contributed by atoms with van der Waals surface area (Å²) >= 11 is 0. The van der Waals surface area contributed by atoms with Crippen molar-refractivity contribution >= 4 is 11.9 Å². The normalized spacial score (nSPS) is 28.8. The Morgan fingerprint density at radius 3 is 2.62 bits per heavy atom. The second-order valence-corrected chi connectivity index (χ2v) is 6.93. The van der Waals surface area contributed by atoms with Gasteiger partial charge in [0.15, 0.2) is 5.92 Å². The molecule has 4 nitrogen and oxygen atoms in total. The molecule has 3 aliphatic carbocycles. The first-order valence-electron chi connectivity index (χ1n) is 8.82. The Balaban J connectivity index is 1.92. The molecule has 26 heavy (non-hydrogen) atoms. The van der Waals surface area contributed by atoms with Crippen LogP contribution in [0.2, 0.25) is 0 Å². The third kappa shape index (κ3) is 2.18. The fourth-order valence-corrected chi connectivity index (χ4v) is 4.81. The Kier molecular flexibility index (Phi) is 3.98. The molecule has 0 spiro atoms. The van der Waals surface area contributed by atoms with Crippen molar-refractivity contribution in [1.82, 2.24) is 0 Å². The van der Waals surface area contributed by atoms with Crippen molar-refractivity contribution in [2.45, 2.75) is 18.8 Å². The van der Waals surface area contributed by atoms with E-state index in [1.807, 2.05) is 24.3 Å². The summed E-state index contributed by atoms with van der Waals surface area (Å²) in [6, 6.07) is 10.1. The Morgan fingerprint density at radius 1 is 1.15 bits per heavy atom. The lowest BCUT2D eigenvalue weighted by Gasteiger charge is -2.31. The molecule has 0 heterocycles. The number of carbonyl (C=O) groups excluding carboxylic acids is 2. The van der Waals surface area contributed by atoms with E-state index in [4.69, 9.17) is 9.47 Å². The van der Waals surface area contributed by atoms with Crippen molar-refractivity contribution in [3.05, 3.63) is 77.3 Å². The minimum Gasteiger partial charge on any atom is -0.466 e. The molecule has 0 bridgehead atoms.